The van der Waals surface area contributed by atoms with Gasteiger partial charge in [-0.3, -0.25) is 14.5 Å². The van der Waals surface area contributed by atoms with Crippen molar-refractivity contribution in [2.24, 2.45) is 0 Å². The van der Waals surface area contributed by atoms with Crippen LogP contribution < -0.4 is 10.6 Å². The van der Waals surface area contributed by atoms with E-state index in [2.05, 4.69) is 10.6 Å². The van der Waals surface area contributed by atoms with Gasteiger partial charge in [-0.2, -0.15) is 0 Å². The molecule has 0 bridgehead atoms. The highest BCUT2D eigenvalue weighted by molar-refractivity contribution is 6.30. The van der Waals surface area contributed by atoms with Crippen molar-refractivity contribution < 1.29 is 14.4 Å². The number of nitrogens with zero attached hydrogens (tertiary/aromatic N) is 1. The number of benzene rings is 1. The Hall–Kier alpha value is -2.08. The monoisotopic (exact) mass is 295 g/mol. The summed E-state index contributed by atoms with van der Waals surface area (Å²) in [5.41, 5.74) is 1.01. The van der Waals surface area contributed by atoms with Crippen LogP contribution in [0.1, 0.15) is 5.56 Å². The van der Waals surface area contributed by atoms with Gasteiger partial charge in [0.1, 0.15) is 6.54 Å². The second-order valence-electron chi connectivity index (χ2n) is 4.37. The predicted molar refractivity (Wildman–Crippen MR) is 73.3 cm³/mol. The van der Waals surface area contributed by atoms with Gasteiger partial charge in [-0.05, 0) is 24.1 Å². The molecule has 1 aliphatic heterocycles. The van der Waals surface area contributed by atoms with Gasteiger partial charge in [0.15, 0.2) is 0 Å². The van der Waals surface area contributed by atoms with Crippen LogP contribution in [0.5, 0.6) is 0 Å². The molecule has 0 unspecified atom stereocenters. The highest BCUT2D eigenvalue weighted by Gasteiger charge is 2.29. The molecule has 1 saturated heterocycles. The van der Waals surface area contributed by atoms with Gasteiger partial charge in [-0.25, -0.2) is 4.79 Å². The molecule has 0 spiro atoms. The third-order valence-corrected chi connectivity index (χ3v) is 3.10. The first-order chi connectivity index (χ1) is 9.56. The molecule has 20 heavy (non-hydrogen) atoms. The summed E-state index contributed by atoms with van der Waals surface area (Å²) in [6, 6.07) is 6.83. The molecular weight excluding hydrogens is 282 g/mol. The van der Waals surface area contributed by atoms with Gasteiger partial charge < -0.3 is 10.6 Å². The molecule has 1 aliphatic rings. The smallest absolute Gasteiger partial charge is 0.325 e. The van der Waals surface area contributed by atoms with E-state index in [0.29, 0.717) is 18.0 Å². The van der Waals surface area contributed by atoms with Crippen molar-refractivity contribution in [3.8, 4) is 0 Å². The van der Waals surface area contributed by atoms with E-state index in [1.54, 1.807) is 6.07 Å². The summed E-state index contributed by atoms with van der Waals surface area (Å²) in [7, 11) is 0. The minimum Gasteiger partial charge on any atom is -0.354 e. The zero-order chi connectivity index (χ0) is 14.5. The molecule has 106 valence electrons. The predicted octanol–water partition coefficient (Wildman–Crippen LogP) is 0.550. The van der Waals surface area contributed by atoms with Crippen LogP contribution in [0.2, 0.25) is 5.02 Å². The lowest BCUT2D eigenvalue weighted by Gasteiger charge is -2.12. The fraction of sp³-hybridized carbons (Fsp3) is 0.308. The Labute approximate surface area is 121 Å². The molecule has 0 aromatic heterocycles. The molecule has 6 nitrogen and oxygen atoms in total. The molecule has 4 amide bonds. The van der Waals surface area contributed by atoms with Crippen LogP contribution in [0.25, 0.3) is 0 Å². The van der Waals surface area contributed by atoms with Crippen LogP contribution in [-0.4, -0.2) is 42.4 Å². The average molecular weight is 296 g/mol. The molecule has 1 heterocycles. The summed E-state index contributed by atoms with van der Waals surface area (Å²) < 4.78 is 0. The summed E-state index contributed by atoms with van der Waals surface area (Å²) in [5.74, 6) is -0.752. The molecule has 2 N–H and O–H groups in total. The van der Waals surface area contributed by atoms with Crippen LogP contribution in [0.15, 0.2) is 24.3 Å². The highest BCUT2D eigenvalue weighted by Crippen LogP contribution is 2.10. The first-order valence-electron chi connectivity index (χ1n) is 6.15. The summed E-state index contributed by atoms with van der Waals surface area (Å²) >= 11 is 5.86. The Kier molecular flexibility index (Phi) is 4.57. The third kappa shape index (κ3) is 3.71. The van der Waals surface area contributed by atoms with Gasteiger partial charge in [0.2, 0.25) is 5.91 Å². The van der Waals surface area contributed by atoms with E-state index in [4.69, 9.17) is 11.6 Å². The highest BCUT2D eigenvalue weighted by atomic mass is 35.5. The van der Waals surface area contributed by atoms with Crippen molar-refractivity contribution in [3.05, 3.63) is 34.9 Å². The Bertz CT molecular complexity index is 531. The first-order valence-corrected chi connectivity index (χ1v) is 6.53. The Morgan fingerprint density at radius 3 is 2.85 bits per heavy atom. The van der Waals surface area contributed by atoms with Crippen LogP contribution >= 0.6 is 11.6 Å². The van der Waals surface area contributed by atoms with Crippen molar-refractivity contribution in [1.82, 2.24) is 15.5 Å². The molecule has 0 aliphatic carbocycles. The Balaban J connectivity index is 1.75. The van der Waals surface area contributed by atoms with E-state index in [1.807, 2.05) is 18.2 Å². The van der Waals surface area contributed by atoms with Crippen molar-refractivity contribution in [3.63, 3.8) is 0 Å². The minimum absolute atomic E-state index is 0.0470. The maximum atomic E-state index is 11.6. The minimum atomic E-state index is -0.528. The fourth-order valence-corrected chi connectivity index (χ4v) is 2.07. The van der Waals surface area contributed by atoms with Gasteiger partial charge in [-0.1, -0.05) is 23.7 Å². The van der Waals surface area contributed by atoms with Crippen molar-refractivity contribution in [2.75, 3.05) is 19.6 Å². The summed E-state index contributed by atoms with van der Waals surface area (Å²) in [4.78, 5) is 35.1. The van der Waals surface area contributed by atoms with E-state index < -0.39 is 6.03 Å². The van der Waals surface area contributed by atoms with Crippen LogP contribution in [0.3, 0.4) is 0 Å². The maximum Gasteiger partial charge on any atom is 0.325 e. The Morgan fingerprint density at radius 2 is 2.20 bits per heavy atom. The third-order valence-electron chi connectivity index (χ3n) is 2.86. The summed E-state index contributed by atoms with van der Waals surface area (Å²) in [6.45, 7) is 0.123. The van der Waals surface area contributed by atoms with Gasteiger partial charge in [0.05, 0.1) is 6.54 Å². The fourth-order valence-electron chi connectivity index (χ4n) is 1.85. The van der Waals surface area contributed by atoms with E-state index in [0.717, 1.165) is 10.5 Å². The zero-order valence-corrected chi connectivity index (χ0v) is 11.4. The van der Waals surface area contributed by atoms with Crippen molar-refractivity contribution in [2.45, 2.75) is 6.42 Å². The van der Waals surface area contributed by atoms with Crippen LogP contribution in [0, 0.1) is 0 Å². The molecule has 7 heteroatoms. The number of halogens is 1. The normalized spacial score (nSPS) is 14.3. The molecule has 1 aromatic carbocycles. The number of nitrogens with one attached hydrogen (secondary N) is 2. The van der Waals surface area contributed by atoms with E-state index in [-0.39, 0.29) is 24.9 Å². The average Bonchev–Trinajstić information content (AvgIpc) is 2.71. The maximum absolute atomic E-state index is 11.6. The van der Waals surface area contributed by atoms with Gasteiger partial charge in [0, 0.05) is 11.6 Å². The lowest BCUT2D eigenvalue weighted by molar-refractivity contribution is -0.130. The number of carbonyl (C=O) groups is 3. The van der Waals surface area contributed by atoms with Crippen LogP contribution in [0.4, 0.5) is 4.79 Å². The summed E-state index contributed by atoms with van der Waals surface area (Å²) in [5, 5.41) is 5.66. The van der Waals surface area contributed by atoms with Crippen molar-refractivity contribution >= 4 is 29.4 Å². The van der Waals surface area contributed by atoms with E-state index >= 15 is 0 Å². The standard InChI is InChI=1S/C13H14ClN3O3/c14-10-3-1-2-9(6-10)4-5-15-11(18)8-17-12(19)7-16-13(17)20/h1-3,6H,4-5,7-8H2,(H,15,18)(H,16,20). The number of carbonyl (C=O) groups excluding carboxylic acids is 3. The van der Waals surface area contributed by atoms with Crippen LogP contribution in [-0.2, 0) is 16.0 Å². The Morgan fingerprint density at radius 1 is 1.40 bits per heavy atom. The lowest BCUT2D eigenvalue weighted by atomic mass is 10.1. The number of urea groups is 1. The molecule has 2 rings (SSSR count). The lowest BCUT2D eigenvalue weighted by Crippen LogP contribution is -2.41. The summed E-state index contributed by atoms with van der Waals surface area (Å²) in [6.07, 6.45) is 0.631. The molecular formula is C13H14ClN3O3. The molecule has 0 atom stereocenters. The second-order valence-corrected chi connectivity index (χ2v) is 4.80. The molecule has 1 fully saturated rings. The van der Waals surface area contributed by atoms with Gasteiger partial charge in [-0.15, -0.1) is 0 Å². The number of hydrogen-bond donors (Lipinski definition) is 2. The van der Waals surface area contributed by atoms with Gasteiger partial charge in [0.25, 0.3) is 5.91 Å². The molecule has 1 aromatic rings. The van der Waals surface area contributed by atoms with E-state index in [1.165, 1.54) is 0 Å². The first kappa shape index (κ1) is 14.3. The number of amides is 4. The number of rotatable bonds is 5. The molecule has 0 radical (unpaired) electrons. The SMILES string of the molecule is O=C(CN1C(=O)CNC1=O)NCCc1cccc(Cl)c1. The second kappa shape index (κ2) is 6.38. The topological polar surface area (TPSA) is 78.5 Å². The van der Waals surface area contributed by atoms with Crippen molar-refractivity contribution in [1.29, 1.82) is 0 Å². The van der Waals surface area contributed by atoms with E-state index in [9.17, 15) is 14.4 Å². The number of imide groups is 1. The van der Waals surface area contributed by atoms with Gasteiger partial charge >= 0.3 is 6.03 Å². The quantitative estimate of drug-likeness (QED) is 0.779. The number of hydrogen-bond acceptors (Lipinski definition) is 3. The molecule has 0 saturated carbocycles. The zero-order valence-electron chi connectivity index (χ0n) is 10.7. The largest absolute Gasteiger partial charge is 0.354 e.